The van der Waals surface area contributed by atoms with Gasteiger partial charge in [-0.2, -0.15) is 5.10 Å². The van der Waals surface area contributed by atoms with E-state index in [9.17, 15) is 9.18 Å². The van der Waals surface area contributed by atoms with E-state index in [1.807, 2.05) is 4.68 Å². The molecule has 1 unspecified atom stereocenters. The zero-order chi connectivity index (χ0) is 14.7. The number of benzene rings is 1. The average molecular weight is 288 g/mol. The van der Waals surface area contributed by atoms with Gasteiger partial charge < -0.3 is 10.6 Å². The second-order valence-corrected chi connectivity index (χ2v) is 5.12. The van der Waals surface area contributed by atoms with E-state index < -0.39 is 11.7 Å². The third-order valence-electron chi connectivity index (χ3n) is 3.61. The molecular weight excluding hydrogens is 271 g/mol. The molecule has 5 nitrogen and oxygen atoms in total. The van der Waals surface area contributed by atoms with Crippen LogP contribution >= 0.6 is 0 Å². The monoisotopic (exact) mass is 288 g/mol. The average Bonchev–Trinajstić information content (AvgIpc) is 3.00. The summed E-state index contributed by atoms with van der Waals surface area (Å²) in [4.78, 5) is 12.1. The van der Waals surface area contributed by atoms with E-state index >= 15 is 0 Å². The van der Waals surface area contributed by atoms with Gasteiger partial charge in [-0.1, -0.05) is 12.1 Å². The van der Waals surface area contributed by atoms with E-state index in [1.165, 1.54) is 12.1 Å². The number of aromatic nitrogens is 2. The van der Waals surface area contributed by atoms with Crippen molar-refractivity contribution in [3.8, 4) is 0 Å². The van der Waals surface area contributed by atoms with Crippen molar-refractivity contribution < 1.29 is 9.18 Å². The third kappa shape index (κ3) is 3.11. The number of hydrogen-bond acceptors (Lipinski definition) is 3. The van der Waals surface area contributed by atoms with E-state index in [4.69, 9.17) is 0 Å². The summed E-state index contributed by atoms with van der Waals surface area (Å²) in [6.07, 6.45) is 3.94. The van der Waals surface area contributed by atoms with Crippen LogP contribution in [0.4, 0.5) is 10.1 Å². The van der Waals surface area contributed by atoms with Gasteiger partial charge in [-0.15, -0.1) is 0 Å². The fraction of sp³-hybridized carbons (Fsp3) is 0.333. The summed E-state index contributed by atoms with van der Waals surface area (Å²) < 4.78 is 15.3. The van der Waals surface area contributed by atoms with E-state index in [2.05, 4.69) is 15.7 Å². The van der Waals surface area contributed by atoms with Gasteiger partial charge in [-0.3, -0.25) is 9.48 Å². The maximum absolute atomic E-state index is 13.5. The Morgan fingerprint density at radius 2 is 2.24 bits per heavy atom. The van der Waals surface area contributed by atoms with Crippen LogP contribution in [0.25, 0.3) is 0 Å². The van der Waals surface area contributed by atoms with Crippen LogP contribution in [0, 0.1) is 5.82 Å². The molecule has 1 amide bonds. The van der Waals surface area contributed by atoms with E-state index in [-0.39, 0.29) is 11.7 Å². The largest absolute Gasteiger partial charge is 0.318 e. The summed E-state index contributed by atoms with van der Waals surface area (Å²) >= 11 is 0. The number of carbonyl (C=O) groups excluding carboxylic acids is 1. The Kier molecular flexibility index (Phi) is 3.96. The Labute approximate surface area is 122 Å². The van der Waals surface area contributed by atoms with Crippen LogP contribution in [0.5, 0.6) is 0 Å². The van der Waals surface area contributed by atoms with E-state index in [0.717, 1.165) is 25.9 Å². The maximum Gasteiger partial charge on any atom is 0.276 e. The molecule has 0 saturated carbocycles. The zero-order valence-electron chi connectivity index (χ0n) is 11.6. The lowest BCUT2D eigenvalue weighted by molar-refractivity contribution is 0.102. The minimum atomic E-state index is -0.457. The molecule has 3 rings (SSSR count). The second kappa shape index (κ2) is 6.05. The molecular formula is C15H17FN4O. The van der Waals surface area contributed by atoms with Gasteiger partial charge in [0.25, 0.3) is 5.91 Å². The molecule has 110 valence electrons. The standard InChI is InChI=1S/C15H17FN4O/c16-12-5-1-2-6-13(12)18-15(21)14-7-9-20(19-14)11-4-3-8-17-10-11/h1-2,5-7,9,11,17H,3-4,8,10H2,(H,18,21). The molecule has 1 fully saturated rings. The van der Waals surface area contributed by atoms with Gasteiger partial charge in [0.05, 0.1) is 11.7 Å². The molecule has 1 atom stereocenters. The van der Waals surface area contributed by atoms with Crippen LogP contribution in [-0.2, 0) is 0 Å². The summed E-state index contributed by atoms with van der Waals surface area (Å²) in [6, 6.07) is 8.01. The normalized spacial score (nSPS) is 18.4. The lowest BCUT2D eigenvalue weighted by Gasteiger charge is -2.22. The molecule has 0 spiro atoms. The van der Waals surface area contributed by atoms with Crippen molar-refractivity contribution in [2.24, 2.45) is 0 Å². The Balaban J connectivity index is 1.71. The van der Waals surface area contributed by atoms with Gasteiger partial charge in [-0.25, -0.2) is 4.39 Å². The lowest BCUT2D eigenvalue weighted by Crippen LogP contribution is -2.32. The van der Waals surface area contributed by atoms with Gasteiger partial charge in [0, 0.05) is 12.7 Å². The molecule has 0 aliphatic carbocycles. The number of piperidine rings is 1. The van der Waals surface area contributed by atoms with Crippen LogP contribution in [0.3, 0.4) is 0 Å². The number of nitrogens with one attached hydrogen (secondary N) is 2. The molecule has 2 N–H and O–H groups in total. The molecule has 2 aromatic rings. The Hall–Kier alpha value is -2.21. The Bertz CT molecular complexity index is 634. The van der Waals surface area contributed by atoms with Crippen LogP contribution in [0.1, 0.15) is 29.4 Å². The smallest absolute Gasteiger partial charge is 0.276 e. The van der Waals surface area contributed by atoms with Crippen molar-refractivity contribution >= 4 is 11.6 Å². The van der Waals surface area contributed by atoms with Crippen molar-refractivity contribution in [3.63, 3.8) is 0 Å². The van der Waals surface area contributed by atoms with Crippen LogP contribution < -0.4 is 10.6 Å². The fourth-order valence-electron chi connectivity index (χ4n) is 2.47. The highest BCUT2D eigenvalue weighted by atomic mass is 19.1. The van der Waals surface area contributed by atoms with Crippen molar-refractivity contribution in [2.75, 3.05) is 18.4 Å². The van der Waals surface area contributed by atoms with Crippen molar-refractivity contribution in [1.29, 1.82) is 0 Å². The Morgan fingerprint density at radius 3 is 3.00 bits per heavy atom. The van der Waals surface area contributed by atoms with Crippen molar-refractivity contribution in [1.82, 2.24) is 15.1 Å². The van der Waals surface area contributed by atoms with Crippen LogP contribution in [0.2, 0.25) is 0 Å². The zero-order valence-corrected chi connectivity index (χ0v) is 11.6. The van der Waals surface area contributed by atoms with Gasteiger partial charge in [-0.05, 0) is 37.6 Å². The van der Waals surface area contributed by atoms with E-state index in [0.29, 0.717) is 5.69 Å². The first kappa shape index (κ1) is 13.8. The quantitative estimate of drug-likeness (QED) is 0.910. The molecule has 1 aliphatic heterocycles. The van der Waals surface area contributed by atoms with Gasteiger partial charge in [0.2, 0.25) is 0 Å². The Morgan fingerprint density at radius 1 is 1.38 bits per heavy atom. The fourth-order valence-corrected chi connectivity index (χ4v) is 2.47. The predicted molar refractivity (Wildman–Crippen MR) is 77.7 cm³/mol. The first-order valence-corrected chi connectivity index (χ1v) is 7.06. The maximum atomic E-state index is 13.5. The molecule has 21 heavy (non-hydrogen) atoms. The molecule has 2 heterocycles. The van der Waals surface area contributed by atoms with Crippen LogP contribution in [0.15, 0.2) is 36.5 Å². The minimum Gasteiger partial charge on any atom is -0.318 e. The number of rotatable bonds is 3. The summed E-state index contributed by atoms with van der Waals surface area (Å²) in [5.41, 5.74) is 0.459. The first-order chi connectivity index (χ1) is 10.2. The number of carbonyl (C=O) groups is 1. The number of anilines is 1. The van der Waals surface area contributed by atoms with E-state index in [1.54, 1.807) is 24.4 Å². The number of para-hydroxylation sites is 1. The number of halogens is 1. The predicted octanol–water partition coefficient (Wildman–Crippen LogP) is 2.20. The SMILES string of the molecule is O=C(Nc1ccccc1F)c1ccn(C2CCCNC2)n1. The summed E-state index contributed by atoms with van der Waals surface area (Å²) in [7, 11) is 0. The number of amides is 1. The molecule has 0 radical (unpaired) electrons. The van der Waals surface area contributed by atoms with Gasteiger partial charge >= 0.3 is 0 Å². The minimum absolute atomic E-state index is 0.163. The van der Waals surface area contributed by atoms with Crippen LogP contribution in [-0.4, -0.2) is 28.8 Å². The van der Waals surface area contributed by atoms with Gasteiger partial charge in [0.1, 0.15) is 5.82 Å². The summed E-state index contributed by atoms with van der Waals surface area (Å²) in [5, 5.41) is 10.1. The highest BCUT2D eigenvalue weighted by Gasteiger charge is 2.18. The number of nitrogens with zero attached hydrogens (tertiary/aromatic N) is 2. The molecule has 1 saturated heterocycles. The summed E-state index contributed by atoms with van der Waals surface area (Å²) in [6.45, 7) is 1.88. The summed E-state index contributed by atoms with van der Waals surface area (Å²) in [5.74, 6) is -0.857. The first-order valence-electron chi connectivity index (χ1n) is 7.06. The second-order valence-electron chi connectivity index (χ2n) is 5.12. The topological polar surface area (TPSA) is 59.0 Å². The number of hydrogen-bond donors (Lipinski definition) is 2. The molecule has 1 aliphatic rings. The molecule has 1 aromatic heterocycles. The highest BCUT2D eigenvalue weighted by Crippen LogP contribution is 2.17. The lowest BCUT2D eigenvalue weighted by atomic mass is 10.1. The van der Waals surface area contributed by atoms with Crippen molar-refractivity contribution in [3.05, 3.63) is 48.0 Å². The van der Waals surface area contributed by atoms with Gasteiger partial charge in [0.15, 0.2) is 5.69 Å². The molecule has 6 heteroatoms. The third-order valence-corrected chi connectivity index (χ3v) is 3.61. The molecule has 1 aromatic carbocycles. The molecule has 0 bridgehead atoms. The van der Waals surface area contributed by atoms with Crippen molar-refractivity contribution in [2.45, 2.75) is 18.9 Å². The highest BCUT2D eigenvalue weighted by molar-refractivity contribution is 6.02.